The van der Waals surface area contributed by atoms with Gasteiger partial charge in [0.1, 0.15) is 0 Å². The Morgan fingerprint density at radius 2 is 2.00 bits per heavy atom. The molecule has 2 bridgehead atoms. The molecule has 16 heavy (non-hydrogen) atoms. The normalized spacial score (nSPS) is 30.5. The van der Waals surface area contributed by atoms with Gasteiger partial charge in [-0.1, -0.05) is 6.08 Å². The number of rotatable bonds is 2. The predicted molar refractivity (Wildman–Crippen MR) is 55.8 cm³/mol. The molecule has 1 aromatic carbocycles. The topological polar surface area (TPSA) is 9.23 Å². The Morgan fingerprint density at radius 3 is 2.69 bits per heavy atom. The van der Waals surface area contributed by atoms with E-state index in [1.165, 1.54) is 12.1 Å². The van der Waals surface area contributed by atoms with E-state index in [9.17, 15) is 8.78 Å². The second-order valence-corrected chi connectivity index (χ2v) is 4.46. The first kappa shape index (κ1) is 9.97. The lowest BCUT2D eigenvalue weighted by atomic mass is 9.82. The van der Waals surface area contributed by atoms with E-state index in [4.69, 9.17) is 4.74 Å². The van der Waals surface area contributed by atoms with E-state index in [1.54, 1.807) is 0 Å². The van der Waals surface area contributed by atoms with E-state index in [1.807, 2.05) is 6.08 Å². The van der Waals surface area contributed by atoms with E-state index in [2.05, 4.69) is 6.58 Å². The second kappa shape index (κ2) is 3.39. The van der Waals surface area contributed by atoms with Crippen LogP contribution in [0.2, 0.25) is 0 Å². The summed E-state index contributed by atoms with van der Waals surface area (Å²) in [7, 11) is 0. The van der Waals surface area contributed by atoms with Gasteiger partial charge in [-0.2, -0.15) is 0 Å². The summed E-state index contributed by atoms with van der Waals surface area (Å²) in [6.45, 7) is 3.71. The molecule has 0 saturated carbocycles. The molecule has 3 atom stereocenters. The van der Waals surface area contributed by atoms with E-state index < -0.39 is 11.6 Å². The molecule has 2 heterocycles. The first-order valence-corrected chi connectivity index (χ1v) is 5.46. The van der Waals surface area contributed by atoms with Gasteiger partial charge in [-0.15, -0.1) is 6.58 Å². The third kappa shape index (κ3) is 1.24. The van der Waals surface area contributed by atoms with Gasteiger partial charge in [-0.05, 0) is 42.0 Å². The van der Waals surface area contributed by atoms with Crippen LogP contribution < -0.4 is 0 Å². The number of fused-ring (bicyclic) bond motifs is 5. The van der Waals surface area contributed by atoms with E-state index in [-0.39, 0.29) is 12.2 Å². The highest BCUT2D eigenvalue weighted by Crippen LogP contribution is 2.55. The van der Waals surface area contributed by atoms with Crippen molar-refractivity contribution in [2.45, 2.75) is 25.0 Å². The molecule has 1 fully saturated rings. The van der Waals surface area contributed by atoms with Crippen molar-refractivity contribution in [3.8, 4) is 0 Å². The summed E-state index contributed by atoms with van der Waals surface area (Å²) in [5, 5.41) is 0. The van der Waals surface area contributed by atoms with Crippen LogP contribution in [0.4, 0.5) is 8.78 Å². The molecule has 84 valence electrons. The molecule has 0 N–H and O–H groups in total. The summed E-state index contributed by atoms with van der Waals surface area (Å²) < 4.78 is 32.0. The number of halogens is 2. The standard InChI is InChI=1S/C13H12F2O/c1-2-3-7-4-12-8-5-10(14)11(15)6-9(8)13(7)16-12/h2,5-7,12-13H,1,3-4H2. The molecular weight excluding hydrogens is 210 g/mol. The molecule has 2 aliphatic rings. The van der Waals surface area contributed by atoms with Crippen LogP contribution in [0, 0.1) is 17.6 Å². The largest absolute Gasteiger partial charge is 0.365 e. The zero-order chi connectivity index (χ0) is 11.3. The number of allylic oxidation sites excluding steroid dienone is 1. The maximum Gasteiger partial charge on any atom is 0.159 e. The van der Waals surface area contributed by atoms with Crippen molar-refractivity contribution in [2.24, 2.45) is 5.92 Å². The van der Waals surface area contributed by atoms with E-state index in [0.717, 1.165) is 24.0 Å². The minimum atomic E-state index is -0.785. The summed E-state index contributed by atoms with van der Waals surface area (Å²) in [4.78, 5) is 0. The minimum Gasteiger partial charge on any atom is -0.365 e. The Bertz CT molecular complexity index is 455. The average Bonchev–Trinajstić information content (AvgIpc) is 2.78. The Balaban J connectivity index is 2.02. The SMILES string of the molecule is C=CCC1CC2OC1c1cc(F)c(F)cc12. The zero-order valence-electron chi connectivity index (χ0n) is 8.75. The number of ether oxygens (including phenoxy) is 1. The van der Waals surface area contributed by atoms with Crippen LogP contribution in [0.1, 0.15) is 36.2 Å². The summed E-state index contributed by atoms with van der Waals surface area (Å²) in [5.41, 5.74) is 1.64. The smallest absolute Gasteiger partial charge is 0.159 e. The predicted octanol–water partition coefficient (Wildman–Crippen LogP) is 3.67. The van der Waals surface area contributed by atoms with Crippen LogP contribution in [0.25, 0.3) is 0 Å². The molecule has 2 aliphatic heterocycles. The molecule has 3 heteroatoms. The number of hydrogen-bond donors (Lipinski definition) is 0. The molecule has 0 radical (unpaired) electrons. The van der Waals surface area contributed by atoms with Crippen LogP contribution in [0.5, 0.6) is 0 Å². The molecule has 0 aliphatic carbocycles. The lowest BCUT2D eigenvalue weighted by Gasteiger charge is -2.19. The van der Waals surface area contributed by atoms with Gasteiger partial charge in [0.05, 0.1) is 12.2 Å². The average molecular weight is 222 g/mol. The van der Waals surface area contributed by atoms with Crippen molar-refractivity contribution >= 4 is 0 Å². The quantitative estimate of drug-likeness (QED) is 0.694. The molecule has 0 aromatic heterocycles. The first-order valence-electron chi connectivity index (χ1n) is 5.46. The molecular formula is C13H12F2O. The maximum absolute atomic E-state index is 13.2. The number of hydrogen-bond acceptors (Lipinski definition) is 1. The number of benzene rings is 1. The second-order valence-electron chi connectivity index (χ2n) is 4.46. The fourth-order valence-electron chi connectivity index (χ4n) is 2.81. The molecule has 3 unspecified atom stereocenters. The van der Waals surface area contributed by atoms with Gasteiger partial charge in [-0.3, -0.25) is 0 Å². The van der Waals surface area contributed by atoms with E-state index in [0.29, 0.717) is 5.92 Å². The molecule has 1 nitrogen and oxygen atoms in total. The molecule has 3 rings (SSSR count). The highest BCUT2D eigenvalue weighted by molar-refractivity contribution is 5.38. The van der Waals surface area contributed by atoms with Crippen molar-refractivity contribution in [1.29, 1.82) is 0 Å². The molecule has 0 spiro atoms. The Kier molecular flexibility index (Phi) is 2.11. The van der Waals surface area contributed by atoms with E-state index >= 15 is 0 Å². The minimum absolute atomic E-state index is 0.0555. The summed E-state index contributed by atoms with van der Waals surface area (Å²) in [6, 6.07) is 2.56. The molecule has 1 saturated heterocycles. The fraction of sp³-hybridized carbons (Fsp3) is 0.385. The van der Waals surface area contributed by atoms with Crippen molar-refractivity contribution in [1.82, 2.24) is 0 Å². The van der Waals surface area contributed by atoms with Crippen LogP contribution in [0.15, 0.2) is 24.8 Å². The van der Waals surface area contributed by atoms with Crippen LogP contribution in [0.3, 0.4) is 0 Å². The van der Waals surface area contributed by atoms with Crippen molar-refractivity contribution in [3.05, 3.63) is 47.5 Å². The highest BCUT2D eigenvalue weighted by atomic mass is 19.2. The van der Waals surface area contributed by atoms with Gasteiger partial charge in [0, 0.05) is 0 Å². The monoisotopic (exact) mass is 222 g/mol. The van der Waals surface area contributed by atoms with Gasteiger partial charge >= 0.3 is 0 Å². The lowest BCUT2D eigenvalue weighted by Crippen LogP contribution is -2.11. The van der Waals surface area contributed by atoms with Crippen molar-refractivity contribution in [2.75, 3.05) is 0 Å². The molecule has 0 amide bonds. The fourth-order valence-corrected chi connectivity index (χ4v) is 2.81. The zero-order valence-corrected chi connectivity index (χ0v) is 8.75. The Morgan fingerprint density at radius 1 is 1.31 bits per heavy atom. The van der Waals surface area contributed by atoms with Crippen molar-refractivity contribution < 1.29 is 13.5 Å². The third-order valence-corrected chi connectivity index (χ3v) is 3.50. The Labute approximate surface area is 92.7 Å². The third-order valence-electron chi connectivity index (χ3n) is 3.50. The van der Waals surface area contributed by atoms with Crippen molar-refractivity contribution in [3.63, 3.8) is 0 Å². The van der Waals surface area contributed by atoms with Crippen LogP contribution in [-0.4, -0.2) is 0 Å². The summed E-state index contributed by atoms with van der Waals surface area (Å²) in [6.07, 6.45) is 3.47. The van der Waals surface area contributed by atoms with Gasteiger partial charge in [0.2, 0.25) is 0 Å². The van der Waals surface area contributed by atoms with Crippen LogP contribution in [-0.2, 0) is 4.74 Å². The van der Waals surface area contributed by atoms with Crippen LogP contribution >= 0.6 is 0 Å². The molecule has 1 aromatic rings. The summed E-state index contributed by atoms with van der Waals surface area (Å²) >= 11 is 0. The Hall–Kier alpha value is -1.22. The highest BCUT2D eigenvalue weighted by Gasteiger charge is 2.44. The summed E-state index contributed by atoms with van der Waals surface area (Å²) in [5.74, 6) is -1.21. The van der Waals surface area contributed by atoms with Gasteiger partial charge in [0.25, 0.3) is 0 Å². The van der Waals surface area contributed by atoms with Gasteiger partial charge < -0.3 is 4.74 Å². The maximum atomic E-state index is 13.2. The van der Waals surface area contributed by atoms with Gasteiger partial charge in [0.15, 0.2) is 11.6 Å². The first-order chi connectivity index (χ1) is 7.70. The lowest BCUT2D eigenvalue weighted by molar-refractivity contribution is 0.0601. The van der Waals surface area contributed by atoms with Gasteiger partial charge in [-0.25, -0.2) is 8.78 Å².